The van der Waals surface area contributed by atoms with E-state index < -0.39 is 12.1 Å². The van der Waals surface area contributed by atoms with Crippen LogP contribution in [-0.2, 0) is 0 Å². The van der Waals surface area contributed by atoms with Gasteiger partial charge in [0.1, 0.15) is 11.2 Å². The summed E-state index contributed by atoms with van der Waals surface area (Å²) < 4.78 is 27.0. The van der Waals surface area contributed by atoms with Crippen LogP contribution in [0.3, 0.4) is 0 Å². The minimum atomic E-state index is -0.631. The first-order valence-electron chi connectivity index (χ1n) is 10.7. The molecule has 1 atom stereocenters. The smallest absolute Gasteiger partial charge is 0.343 e. The van der Waals surface area contributed by atoms with Gasteiger partial charge in [-0.05, 0) is 49.2 Å². The molecule has 3 aromatic rings. The van der Waals surface area contributed by atoms with Crippen LogP contribution in [0.1, 0.15) is 42.9 Å². The summed E-state index contributed by atoms with van der Waals surface area (Å²) in [6.07, 6.45) is -0.457. The van der Waals surface area contributed by atoms with E-state index in [0.717, 1.165) is 21.0 Å². The average Bonchev–Trinajstić information content (AvgIpc) is 3.16. The molecule has 0 spiro atoms. The summed E-state index contributed by atoms with van der Waals surface area (Å²) >= 11 is 1.54. The minimum absolute atomic E-state index is 0.137. The second-order valence-electron chi connectivity index (χ2n) is 7.75. The molecule has 0 saturated carbocycles. The second-order valence-corrected chi connectivity index (χ2v) is 8.98. The van der Waals surface area contributed by atoms with Gasteiger partial charge in [0.2, 0.25) is 5.75 Å². The fraction of sp³-hybridized carbons (Fsp3) is 0.280. The Labute approximate surface area is 206 Å². The molecule has 184 valence electrons. The van der Waals surface area contributed by atoms with E-state index in [1.807, 2.05) is 13.8 Å². The van der Waals surface area contributed by atoms with Crippen molar-refractivity contribution in [2.75, 3.05) is 33.8 Å². The highest BCUT2D eigenvalue weighted by molar-refractivity contribution is 7.16. The molecular weight excluding hydrogens is 472 g/mol. The van der Waals surface area contributed by atoms with Crippen molar-refractivity contribution in [2.45, 2.75) is 20.0 Å². The van der Waals surface area contributed by atoms with Gasteiger partial charge < -0.3 is 34.3 Å². The summed E-state index contributed by atoms with van der Waals surface area (Å²) in [5.74, 6) is 0.826. The Kier molecular flexibility index (Phi) is 6.74. The van der Waals surface area contributed by atoms with Crippen LogP contribution >= 0.6 is 11.3 Å². The maximum absolute atomic E-state index is 12.9. The summed E-state index contributed by atoms with van der Waals surface area (Å²) in [5, 5.41) is 7.16. The molecule has 1 aliphatic rings. The molecule has 0 fully saturated rings. The Bertz CT molecular complexity index is 1280. The van der Waals surface area contributed by atoms with Gasteiger partial charge in [0.05, 0.1) is 39.6 Å². The Hall–Kier alpha value is -3.92. The third-order valence-corrected chi connectivity index (χ3v) is 6.93. The molecule has 2 heterocycles. The number of fused-ring (bicyclic) bond motifs is 1. The highest BCUT2D eigenvalue weighted by Crippen LogP contribution is 2.40. The molecule has 2 N–H and O–H groups in total. The van der Waals surface area contributed by atoms with Gasteiger partial charge in [-0.3, -0.25) is 4.79 Å². The first kappa shape index (κ1) is 24.2. The summed E-state index contributed by atoms with van der Waals surface area (Å²) in [4.78, 5) is 26.7. The van der Waals surface area contributed by atoms with Gasteiger partial charge in [0, 0.05) is 4.88 Å². The van der Waals surface area contributed by atoms with Gasteiger partial charge >= 0.3 is 5.97 Å². The Balaban J connectivity index is 1.59. The number of benzene rings is 2. The minimum Gasteiger partial charge on any atom is -0.493 e. The number of hydrogen-bond acceptors (Lipinski definition) is 9. The van der Waals surface area contributed by atoms with Crippen LogP contribution in [0.15, 0.2) is 30.3 Å². The van der Waals surface area contributed by atoms with Gasteiger partial charge in [-0.1, -0.05) is 6.07 Å². The van der Waals surface area contributed by atoms with Crippen molar-refractivity contribution >= 4 is 28.2 Å². The fourth-order valence-electron chi connectivity index (χ4n) is 3.84. The van der Waals surface area contributed by atoms with Gasteiger partial charge in [-0.15, -0.1) is 11.3 Å². The zero-order valence-electron chi connectivity index (χ0n) is 20.2. The Morgan fingerprint density at radius 2 is 1.51 bits per heavy atom. The maximum atomic E-state index is 12.9. The normalized spacial score (nSPS) is 14.3. The van der Waals surface area contributed by atoms with Crippen molar-refractivity contribution in [1.29, 1.82) is 0 Å². The van der Waals surface area contributed by atoms with E-state index in [9.17, 15) is 9.59 Å². The lowest BCUT2D eigenvalue weighted by molar-refractivity contribution is 0.0728. The highest BCUT2D eigenvalue weighted by atomic mass is 32.1. The quantitative estimate of drug-likeness (QED) is 0.363. The zero-order chi connectivity index (χ0) is 25.3. The summed E-state index contributed by atoms with van der Waals surface area (Å²) in [6.45, 7) is 3.93. The van der Waals surface area contributed by atoms with Crippen molar-refractivity contribution in [3.05, 3.63) is 57.5 Å². The fourth-order valence-corrected chi connectivity index (χ4v) is 4.93. The average molecular weight is 499 g/mol. The van der Waals surface area contributed by atoms with E-state index in [-0.39, 0.29) is 17.2 Å². The molecule has 35 heavy (non-hydrogen) atoms. The molecule has 9 nitrogen and oxygen atoms in total. The first-order chi connectivity index (χ1) is 16.8. The number of methoxy groups -OCH3 is 4. The molecule has 0 unspecified atom stereocenters. The van der Waals surface area contributed by atoms with Crippen LogP contribution in [0.4, 0.5) is 5.00 Å². The number of carbonyl (C=O) groups excluding carboxylic acids is 2. The SMILES string of the molecule is COc1cc([C@H]2NC(=O)c3c(sc(C)c3C)N2)ccc1OC(=O)c1cc(OC)c(OC)c(OC)c1. The van der Waals surface area contributed by atoms with Crippen LogP contribution in [0.5, 0.6) is 28.7 Å². The predicted octanol–water partition coefficient (Wildman–Crippen LogP) is 4.47. The molecule has 10 heteroatoms. The molecule has 0 bridgehead atoms. The second kappa shape index (κ2) is 9.75. The summed E-state index contributed by atoms with van der Waals surface area (Å²) in [6, 6.07) is 8.12. The zero-order valence-corrected chi connectivity index (χ0v) is 21.0. The first-order valence-corrected chi connectivity index (χ1v) is 11.5. The number of carbonyl (C=O) groups is 2. The summed E-state index contributed by atoms with van der Waals surface area (Å²) in [7, 11) is 5.89. The van der Waals surface area contributed by atoms with Crippen molar-refractivity contribution in [1.82, 2.24) is 5.32 Å². The van der Waals surface area contributed by atoms with Crippen molar-refractivity contribution in [2.24, 2.45) is 0 Å². The van der Waals surface area contributed by atoms with E-state index in [1.165, 1.54) is 40.6 Å². The molecule has 1 aliphatic heterocycles. The van der Waals surface area contributed by atoms with Crippen molar-refractivity contribution in [3.8, 4) is 28.7 Å². The van der Waals surface area contributed by atoms with Crippen LogP contribution in [0.25, 0.3) is 0 Å². The number of anilines is 1. The maximum Gasteiger partial charge on any atom is 0.343 e. The number of rotatable bonds is 7. The number of aryl methyl sites for hydroxylation is 1. The van der Waals surface area contributed by atoms with E-state index in [2.05, 4.69) is 10.6 Å². The number of nitrogens with one attached hydrogen (secondary N) is 2. The lowest BCUT2D eigenvalue weighted by Crippen LogP contribution is -2.38. The van der Waals surface area contributed by atoms with Gasteiger partial charge in [0.25, 0.3) is 5.91 Å². The lowest BCUT2D eigenvalue weighted by atomic mass is 10.1. The number of thiophene rings is 1. The number of hydrogen-bond donors (Lipinski definition) is 2. The molecule has 1 amide bonds. The third kappa shape index (κ3) is 4.44. The van der Waals surface area contributed by atoms with E-state index in [4.69, 9.17) is 23.7 Å². The van der Waals surface area contributed by atoms with Crippen molar-refractivity contribution < 1.29 is 33.3 Å². The van der Waals surface area contributed by atoms with Crippen LogP contribution in [0.2, 0.25) is 0 Å². The Morgan fingerprint density at radius 1 is 0.857 bits per heavy atom. The highest BCUT2D eigenvalue weighted by Gasteiger charge is 2.29. The van der Waals surface area contributed by atoms with Crippen LogP contribution in [-0.4, -0.2) is 40.3 Å². The lowest BCUT2D eigenvalue weighted by Gasteiger charge is -2.27. The Morgan fingerprint density at radius 3 is 2.11 bits per heavy atom. The van der Waals surface area contributed by atoms with Crippen molar-refractivity contribution in [3.63, 3.8) is 0 Å². The molecule has 2 aromatic carbocycles. The summed E-state index contributed by atoms with van der Waals surface area (Å²) in [5.41, 5.74) is 2.60. The van der Waals surface area contributed by atoms with E-state index in [1.54, 1.807) is 29.5 Å². The number of amides is 1. The molecule has 1 aromatic heterocycles. The monoisotopic (exact) mass is 498 g/mol. The van der Waals surface area contributed by atoms with Gasteiger partial charge in [-0.25, -0.2) is 4.79 Å². The molecule has 4 rings (SSSR count). The van der Waals surface area contributed by atoms with E-state index in [0.29, 0.717) is 28.6 Å². The van der Waals surface area contributed by atoms with Gasteiger partial charge in [-0.2, -0.15) is 0 Å². The molecule has 0 radical (unpaired) electrons. The standard InChI is InChI=1S/C25H26N2O7S/c1-12-13(2)35-24-20(12)23(28)26-22(27-24)14-7-8-16(17(9-14)30-3)34-25(29)15-10-18(31-4)21(33-6)19(11-15)32-5/h7-11,22,27H,1-6H3,(H,26,28)/t22-/m0/s1. The van der Waals surface area contributed by atoms with Crippen LogP contribution in [0, 0.1) is 13.8 Å². The van der Waals surface area contributed by atoms with Crippen LogP contribution < -0.4 is 34.3 Å². The molecule has 0 saturated heterocycles. The molecule has 0 aliphatic carbocycles. The largest absolute Gasteiger partial charge is 0.493 e. The number of esters is 1. The molecular formula is C25H26N2O7S. The topological polar surface area (TPSA) is 104 Å². The van der Waals surface area contributed by atoms with Gasteiger partial charge in [0.15, 0.2) is 23.0 Å². The number of ether oxygens (including phenoxy) is 5. The predicted molar refractivity (Wildman–Crippen MR) is 132 cm³/mol. The third-order valence-electron chi connectivity index (χ3n) is 5.79. The van der Waals surface area contributed by atoms with E-state index >= 15 is 0 Å².